The van der Waals surface area contributed by atoms with Gasteiger partial charge >= 0.3 is 0 Å². The van der Waals surface area contributed by atoms with E-state index in [9.17, 15) is 0 Å². The lowest BCUT2D eigenvalue weighted by molar-refractivity contribution is 1.16. The van der Waals surface area contributed by atoms with Crippen molar-refractivity contribution in [2.75, 3.05) is 0 Å². The molecule has 21 rings (SSSR count). The summed E-state index contributed by atoms with van der Waals surface area (Å²) in [6.45, 7) is 0. The van der Waals surface area contributed by atoms with Crippen molar-refractivity contribution in [3.63, 3.8) is 0 Å². The molecule has 0 spiro atoms. The number of para-hydroxylation sites is 3. The van der Waals surface area contributed by atoms with E-state index in [1.165, 1.54) is 54.4 Å². The van der Waals surface area contributed by atoms with Gasteiger partial charge in [0.05, 0.1) is 78.7 Å². The largest absolute Gasteiger partial charge is 0.309 e. The summed E-state index contributed by atoms with van der Waals surface area (Å²) in [6, 6.07) is 128. The van der Waals surface area contributed by atoms with Gasteiger partial charge in [-0.3, -0.25) is 19.9 Å². The molecule has 0 aliphatic rings. The minimum Gasteiger partial charge on any atom is -0.309 e. The third kappa shape index (κ3) is 13.8. The van der Waals surface area contributed by atoms with Crippen molar-refractivity contribution >= 4 is 113 Å². The Morgan fingerprint density at radius 1 is 0.184 bits per heavy atom. The van der Waals surface area contributed by atoms with E-state index in [2.05, 4.69) is 342 Å². The van der Waals surface area contributed by atoms with Gasteiger partial charge in [-0.05, 0) is 198 Å². The molecular weight excluding hydrogens is 1590 g/mol. The lowest BCUT2D eigenvalue weighted by Gasteiger charge is -2.13. The molecule has 0 unspecified atom stereocenters. The van der Waals surface area contributed by atoms with Crippen LogP contribution in [0, 0.1) is 0 Å². The standard InChI is InChI=1S/2C34H22BrN3.C33H21BrN4/c35-28-18-10-20-32-33(28)27-17-7-8-19-31(27)38(32)26-16-9-15-25(21-26)30-22-29(23-11-3-1-4-12-23)36-34(37-30)24-13-5-2-6-14-24;35-29-12-8-16-33-34(29)28-11-1-2-15-32(28)38(33)27-10-7-9-23(22-27)24-19-25(30-13-3-5-17-36-30)21-26(20-24)31-14-4-6-18-37-31;34-26-12-8-16-32-33(26)25-11-1-2-15-31(25)38(32)24-10-7-9-22(19-24)23-20-29(27-13-3-5-17-35-27)37-30(21-23)28-14-4-6-18-36-28/h2*1-22H;1-21H. The van der Waals surface area contributed by atoms with Gasteiger partial charge in [0.15, 0.2) is 5.82 Å². The second-order valence-corrected chi connectivity index (χ2v) is 30.2. The lowest BCUT2D eigenvalue weighted by Crippen LogP contribution is -1.97. The van der Waals surface area contributed by atoms with Crippen molar-refractivity contribution in [1.29, 1.82) is 0 Å². The van der Waals surface area contributed by atoms with Crippen LogP contribution in [0.4, 0.5) is 0 Å². The number of halogens is 3. The Labute approximate surface area is 683 Å². The zero-order chi connectivity index (χ0) is 76.4. The van der Waals surface area contributed by atoms with Crippen molar-refractivity contribution in [2.24, 2.45) is 0 Å². The second-order valence-electron chi connectivity index (χ2n) is 27.6. The number of pyridine rings is 5. The molecule has 540 valence electrons. The van der Waals surface area contributed by atoms with Crippen LogP contribution in [0.3, 0.4) is 0 Å². The maximum absolute atomic E-state index is 5.03. The zero-order valence-corrected chi connectivity index (χ0v) is 65.9. The molecule has 114 heavy (non-hydrogen) atoms. The zero-order valence-electron chi connectivity index (χ0n) is 61.1. The Hall–Kier alpha value is -13.7. The van der Waals surface area contributed by atoms with Crippen LogP contribution in [0.1, 0.15) is 0 Å². The first kappa shape index (κ1) is 70.7. The summed E-state index contributed by atoms with van der Waals surface area (Å²) in [5, 5.41) is 7.33. The molecule has 21 aromatic rings. The summed E-state index contributed by atoms with van der Waals surface area (Å²) in [5.41, 5.74) is 26.9. The van der Waals surface area contributed by atoms with E-state index in [4.69, 9.17) is 15.0 Å². The molecule has 0 aliphatic carbocycles. The summed E-state index contributed by atoms with van der Waals surface area (Å²) >= 11 is 11.4. The van der Waals surface area contributed by atoms with E-state index >= 15 is 0 Å². The van der Waals surface area contributed by atoms with Crippen LogP contribution in [0.15, 0.2) is 408 Å². The van der Waals surface area contributed by atoms with Crippen LogP contribution in [0.5, 0.6) is 0 Å². The first-order valence-corrected chi connectivity index (χ1v) is 39.8. The highest BCUT2D eigenvalue weighted by atomic mass is 79.9. The predicted octanol–water partition coefficient (Wildman–Crippen LogP) is 27.4. The van der Waals surface area contributed by atoms with E-state index < -0.39 is 0 Å². The molecule has 0 amide bonds. The predicted molar refractivity (Wildman–Crippen MR) is 479 cm³/mol. The summed E-state index contributed by atoms with van der Waals surface area (Å²) < 4.78 is 10.3. The normalized spacial score (nSPS) is 11.3. The average molecular weight is 1660 g/mol. The number of hydrogen-bond donors (Lipinski definition) is 0. The Kier molecular flexibility index (Phi) is 19.4. The molecule has 10 nitrogen and oxygen atoms in total. The van der Waals surface area contributed by atoms with Gasteiger partial charge in [0.25, 0.3) is 0 Å². The molecule has 0 saturated heterocycles. The highest BCUT2D eigenvalue weighted by molar-refractivity contribution is 9.11. The van der Waals surface area contributed by atoms with Gasteiger partial charge in [0, 0.05) is 115 Å². The molecule has 0 radical (unpaired) electrons. The summed E-state index contributed by atoms with van der Waals surface area (Å²) in [7, 11) is 0. The molecule has 0 aliphatic heterocycles. The SMILES string of the molecule is Brc1cccc2c1c1ccccc1n2-c1cccc(-c2cc(-c3ccccc3)nc(-c3ccccc3)n2)c1.Brc1cccc2c1c1ccccc1n2-c1cccc(-c2cc(-c3ccccn3)cc(-c3ccccn3)c2)c1.Brc1cccc2c1c1ccccc1n2-c1cccc(-c2cc(-c3ccccn3)nc(-c3ccccn3)c2)c1. The van der Waals surface area contributed by atoms with Gasteiger partial charge in [-0.15, -0.1) is 0 Å². The van der Waals surface area contributed by atoms with Crippen LogP contribution in [-0.2, 0) is 0 Å². The van der Waals surface area contributed by atoms with Gasteiger partial charge in [0.1, 0.15) is 0 Å². The van der Waals surface area contributed by atoms with E-state index in [0.29, 0.717) is 5.82 Å². The lowest BCUT2D eigenvalue weighted by atomic mass is 9.96. The second kappa shape index (κ2) is 31.2. The maximum atomic E-state index is 5.03. The fourth-order valence-electron chi connectivity index (χ4n) is 15.4. The van der Waals surface area contributed by atoms with Crippen molar-refractivity contribution in [3.8, 4) is 119 Å². The van der Waals surface area contributed by atoms with Crippen molar-refractivity contribution in [2.45, 2.75) is 0 Å². The van der Waals surface area contributed by atoms with Crippen LogP contribution in [0.25, 0.3) is 184 Å². The third-order valence-corrected chi connectivity index (χ3v) is 22.6. The number of rotatable bonds is 12. The molecule has 0 bridgehead atoms. The van der Waals surface area contributed by atoms with Gasteiger partial charge in [-0.2, -0.15) is 0 Å². The monoisotopic (exact) mass is 1650 g/mol. The van der Waals surface area contributed by atoms with E-state index in [1.807, 2.05) is 122 Å². The Balaban J connectivity index is 0.000000115. The van der Waals surface area contributed by atoms with Gasteiger partial charge in [0.2, 0.25) is 0 Å². The first-order valence-electron chi connectivity index (χ1n) is 37.5. The fourth-order valence-corrected chi connectivity index (χ4v) is 17.1. The highest BCUT2D eigenvalue weighted by Gasteiger charge is 2.21. The molecule has 12 aromatic carbocycles. The Morgan fingerprint density at radius 3 is 0.912 bits per heavy atom. The summed E-state index contributed by atoms with van der Waals surface area (Å²) in [5.74, 6) is 0.716. The molecule has 9 heterocycles. The third-order valence-electron chi connectivity index (χ3n) is 20.6. The number of benzene rings is 12. The minimum atomic E-state index is 0.716. The molecule has 0 saturated carbocycles. The van der Waals surface area contributed by atoms with Crippen LogP contribution >= 0.6 is 47.8 Å². The maximum Gasteiger partial charge on any atom is 0.160 e. The van der Waals surface area contributed by atoms with Crippen molar-refractivity contribution < 1.29 is 0 Å². The molecular formula is C101H65Br3N10. The minimum absolute atomic E-state index is 0.716. The molecule has 9 aromatic heterocycles. The number of fused-ring (bicyclic) bond motifs is 9. The number of hydrogen-bond acceptors (Lipinski definition) is 7. The topological polar surface area (TPSA) is 105 Å². The van der Waals surface area contributed by atoms with Crippen LogP contribution in [0.2, 0.25) is 0 Å². The Bertz CT molecular complexity index is 6290. The highest BCUT2D eigenvalue weighted by Crippen LogP contribution is 2.43. The van der Waals surface area contributed by atoms with Crippen molar-refractivity contribution in [3.05, 3.63) is 408 Å². The van der Waals surface area contributed by atoms with E-state index in [-0.39, 0.29) is 0 Å². The first-order chi connectivity index (χ1) is 56.3. The van der Waals surface area contributed by atoms with E-state index in [1.54, 1.807) is 12.4 Å². The molecule has 0 atom stereocenters. The molecule has 0 fully saturated rings. The smallest absolute Gasteiger partial charge is 0.160 e. The van der Waals surface area contributed by atoms with E-state index in [0.717, 1.165) is 137 Å². The quantitative estimate of drug-likeness (QED) is 0.120. The van der Waals surface area contributed by atoms with Gasteiger partial charge in [-0.1, -0.05) is 242 Å². The van der Waals surface area contributed by atoms with Crippen LogP contribution in [-0.4, -0.2) is 48.6 Å². The summed E-state index contributed by atoms with van der Waals surface area (Å²) in [6.07, 6.45) is 7.27. The van der Waals surface area contributed by atoms with Gasteiger partial charge in [-0.25, -0.2) is 15.0 Å². The number of nitrogens with zero attached hydrogens (tertiary/aromatic N) is 10. The fraction of sp³-hybridized carbons (Fsp3) is 0. The molecule has 13 heteroatoms. The molecule has 0 N–H and O–H groups in total. The number of aromatic nitrogens is 10. The van der Waals surface area contributed by atoms with Crippen molar-refractivity contribution in [1.82, 2.24) is 48.6 Å². The Morgan fingerprint density at radius 2 is 0.500 bits per heavy atom. The van der Waals surface area contributed by atoms with Gasteiger partial charge < -0.3 is 13.7 Å². The average Bonchev–Trinajstić information content (AvgIpc) is 1.60. The summed E-state index contributed by atoms with van der Waals surface area (Å²) in [4.78, 5) is 33.3. The van der Waals surface area contributed by atoms with Crippen LogP contribution < -0.4 is 0 Å².